The van der Waals surface area contributed by atoms with Gasteiger partial charge in [-0.15, -0.1) is 0 Å². The molecule has 10 rings (SSSR count). The van der Waals surface area contributed by atoms with Gasteiger partial charge in [0.1, 0.15) is 17.7 Å². The van der Waals surface area contributed by atoms with Gasteiger partial charge in [0.2, 0.25) is 11.8 Å². The van der Waals surface area contributed by atoms with Crippen molar-refractivity contribution >= 4 is 35.7 Å². The lowest BCUT2D eigenvalue weighted by Gasteiger charge is -2.35. The van der Waals surface area contributed by atoms with E-state index >= 15 is 0 Å². The number of likely N-dealkylation sites (tertiary alicyclic amines) is 2. The van der Waals surface area contributed by atoms with Gasteiger partial charge in [0.15, 0.2) is 0 Å². The fourth-order valence-electron chi connectivity index (χ4n) is 10.4. The Morgan fingerprint density at radius 2 is 1.35 bits per heavy atom. The number of urea groups is 1. The molecule has 4 saturated heterocycles. The highest BCUT2D eigenvalue weighted by atomic mass is 32.2. The van der Waals surface area contributed by atoms with E-state index in [-0.39, 0.29) is 48.1 Å². The summed E-state index contributed by atoms with van der Waals surface area (Å²) in [6.07, 6.45) is 9.82. The van der Waals surface area contributed by atoms with Gasteiger partial charge >= 0.3 is 12.1 Å². The molecule has 6 N–H and O–H groups in total. The Hall–Kier alpha value is -5.31. The van der Waals surface area contributed by atoms with E-state index in [1.165, 1.54) is 0 Å². The summed E-state index contributed by atoms with van der Waals surface area (Å²) < 4.78 is 0. The molecule has 4 aromatic rings. The van der Waals surface area contributed by atoms with Crippen molar-refractivity contribution in [2.24, 2.45) is 17.3 Å². The van der Waals surface area contributed by atoms with Crippen molar-refractivity contribution in [1.29, 1.82) is 0 Å². The number of piperidine rings is 2. The van der Waals surface area contributed by atoms with Gasteiger partial charge in [-0.05, 0) is 66.9 Å². The van der Waals surface area contributed by atoms with E-state index in [9.17, 15) is 24.3 Å². The minimum atomic E-state index is -1.20. The Labute approximate surface area is 353 Å². The van der Waals surface area contributed by atoms with Crippen LogP contribution in [0.25, 0.3) is 33.6 Å². The van der Waals surface area contributed by atoms with E-state index in [0.29, 0.717) is 29.5 Å². The molecule has 0 unspecified atom stereocenters. The highest BCUT2D eigenvalue weighted by Crippen LogP contribution is 2.55. The first-order chi connectivity index (χ1) is 28.9. The van der Waals surface area contributed by atoms with Crippen molar-refractivity contribution < 1.29 is 24.3 Å². The van der Waals surface area contributed by atoms with Crippen LogP contribution in [0.15, 0.2) is 60.9 Å². The zero-order chi connectivity index (χ0) is 41.4. The molecule has 6 fully saturated rings. The number of benzene rings is 2. The Kier molecular flexibility index (Phi) is 9.72. The summed E-state index contributed by atoms with van der Waals surface area (Å²) in [6.45, 7) is 5.63. The molecular formula is C45H53N9O5S. The number of imidazole rings is 2. The summed E-state index contributed by atoms with van der Waals surface area (Å²) in [6, 6.07) is 16.4. The number of amides is 5. The van der Waals surface area contributed by atoms with Crippen molar-refractivity contribution in [1.82, 2.24) is 45.7 Å². The molecule has 0 radical (unpaired) electrons. The fourth-order valence-corrected chi connectivity index (χ4v) is 11.9. The molecule has 6 aliphatic rings. The van der Waals surface area contributed by atoms with E-state index in [0.717, 1.165) is 96.0 Å². The van der Waals surface area contributed by atoms with Crippen LogP contribution in [-0.4, -0.2) is 100.0 Å². The summed E-state index contributed by atoms with van der Waals surface area (Å²) in [5.41, 5.74) is 5.19. The van der Waals surface area contributed by atoms with Crippen LogP contribution < -0.4 is 16.0 Å². The predicted octanol–water partition coefficient (Wildman–Crippen LogP) is 6.87. The van der Waals surface area contributed by atoms with Crippen molar-refractivity contribution in [2.45, 2.75) is 120 Å². The summed E-state index contributed by atoms with van der Waals surface area (Å²) >= 11 is 1.92. The normalized spacial score (nSPS) is 29.1. The Morgan fingerprint density at radius 1 is 0.800 bits per heavy atom. The van der Waals surface area contributed by atoms with Gasteiger partial charge in [0.25, 0.3) is 0 Å². The van der Waals surface area contributed by atoms with Crippen LogP contribution in [0, 0.1) is 17.3 Å². The second-order valence-electron chi connectivity index (χ2n) is 18.8. The maximum Gasteiger partial charge on any atom is 0.405 e. The number of rotatable bonds is 12. The van der Waals surface area contributed by atoms with Gasteiger partial charge in [-0.2, -0.15) is 11.8 Å². The first-order valence-corrected chi connectivity index (χ1v) is 22.6. The Morgan fingerprint density at radius 3 is 1.92 bits per heavy atom. The molecule has 14 nitrogen and oxygen atoms in total. The molecule has 15 heteroatoms. The number of aromatic nitrogens is 4. The van der Waals surface area contributed by atoms with Gasteiger partial charge in [-0.1, -0.05) is 75.7 Å². The number of carbonyl (C=O) groups is 4. The minimum absolute atomic E-state index is 0.0172. The molecule has 5 amide bonds. The Balaban J connectivity index is 0.755. The number of nitrogens with one attached hydrogen (secondary N) is 5. The maximum atomic E-state index is 13.8. The smallest absolute Gasteiger partial charge is 0.405 e. The van der Waals surface area contributed by atoms with Gasteiger partial charge in [0.05, 0.1) is 35.6 Å². The van der Waals surface area contributed by atoms with E-state index in [1.807, 2.05) is 49.8 Å². The van der Waals surface area contributed by atoms with E-state index in [2.05, 4.69) is 79.3 Å². The standard InChI is InChI=1S/C45H53N9O5S/c1-45(2,3)39(52-44(58)59)42(56)54-33-17-28(33)19-35(54)41-47-21-30(49-41)26-14-10-24(11-15-26)23-8-12-25(13-9-23)29-20-46-40(48-29)34-18-27-16-32(27)53(34)37(55)7-5-4-6-36-38-31(22-60-36)50-43(57)51-38/h8-15,20-21,27-28,31-36,38-39,52H,4-7,16-19,22H2,1-3H3,(H,46,48)(H,47,49)(H,58,59)(H2,50,51,57)/t27-,28-,31+,32-,33-,34+,35+,36+,38+,39-/m1/s1. The number of fused-ring (bicyclic) bond motifs is 3. The van der Waals surface area contributed by atoms with E-state index < -0.39 is 17.6 Å². The first-order valence-electron chi connectivity index (χ1n) is 21.5. The van der Waals surface area contributed by atoms with Gasteiger partial charge in [-0.3, -0.25) is 9.59 Å². The molecule has 2 aliphatic carbocycles. The van der Waals surface area contributed by atoms with Crippen molar-refractivity contribution in [3.05, 3.63) is 72.6 Å². The number of H-pyrrole nitrogens is 2. The number of nitrogens with zero attached hydrogens (tertiary/aromatic N) is 4. The summed E-state index contributed by atoms with van der Waals surface area (Å²) in [5, 5.41) is 18.4. The molecule has 314 valence electrons. The zero-order valence-electron chi connectivity index (χ0n) is 34.2. The third-order valence-electron chi connectivity index (χ3n) is 13.7. The SMILES string of the molecule is CC(C)(C)[C@H](NC(=O)O)C(=O)N1[C@@H]2C[C@@H]2C[C@H]1c1nc(-c2ccc(-c3ccc(-c4c[nH]c([C@@H]5C[C@H]6C[C@H]6N5C(=O)CCCC[C@@H]5SC[C@@H]6NC(=O)N[C@@H]65)n4)cc3)cc2)c[nH]1. The zero-order valence-corrected chi connectivity index (χ0v) is 35.0. The topological polar surface area (TPSA) is 188 Å². The number of carboxylic acid groups (broad SMARTS) is 1. The van der Waals surface area contributed by atoms with Gasteiger partial charge < -0.3 is 40.8 Å². The van der Waals surface area contributed by atoms with Crippen LogP contribution >= 0.6 is 11.8 Å². The number of aromatic amines is 2. The average molecular weight is 832 g/mol. The third kappa shape index (κ3) is 7.32. The largest absolute Gasteiger partial charge is 0.465 e. The third-order valence-corrected chi connectivity index (χ3v) is 15.2. The van der Waals surface area contributed by atoms with Crippen LogP contribution in [0.4, 0.5) is 9.59 Å². The molecule has 2 aromatic carbocycles. The lowest BCUT2D eigenvalue weighted by molar-refractivity contribution is -0.138. The maximum absolute atomic E-state index is 13.8. The van der Waals surface area contributed by atoms with E-state index in [4.69, 9.17) is 9.97 Å². The minimum Gasteiger partial charge on any atom is -0.465 e. The van der Waals surface area contributed by atoms with Crippen molar-refractivity contribution in [3.8, 4) is 33.6 Å². The van der Waals surface area contributed by atoms with Crippen LogP contribution in [0.5, 0.6) is 0 Å². The van der Waals surface area contributed by atoms with Gasteiger partial charge in [-0.25, -0.2) is 19.6 Å². The molecule has 0 spiro atoms. The second kappa shape index (κ2) is 15.0. The van der Waals surface area contributed by atoms with Crippen LogP contribution in [0.1, 0.15) is 95.9 Å². The summed E-state index contributed by atoms with van der Waals surface area (Å²) in [4.78, 5) is 71.4. The van der Waals surface area contributed by atoms with Crippen LogP contribution in [0.2, 0.25) is 0 Å². The van der Waals surface area contributed by atoms with Crippen LogP contribution in [-0.2, 0) is 9.59 Å². The predicted molar refractivity (Wildman–Crippen MR) is 228 cm³/mol. The number of carbonyl (C=O) groups excluding carboxylic acids is 3. The molecular weight excluding hydrogens is 779 g/mol. The monoisotopic (exact) mass is 831 g/mol. The molecule has 6 heterocycles. The first kappa shape index (κ1) is 38.9. The number of thioether (sulfide) groups is 1. The lowest BCUT2D eigenvalue weighted by Crippen LogP contribution is -2.55. The highest BCUT2D eigenvalue weighted by Gasteiger charge is 2.57. The van der Waals surface area contributed by atoms with Crippen molar-refractivity contribution in [3.63, 3.8) is 0 Å². The molecule has 2 aromatic heterocycles. The second-order valence-corrected chi connectivity index (χ2v) is 20.1. The molecule has 2 saturated carbocycles. The van der Waals surface area contributed by atoms with Crippen molar-refractivity contribution in [2.75, 3.05) is 5.75 Å². The number of hydrogen-bond acceptors (Lipinski definition) is 7. The summed E-state index contributed by atoms with van der Waals surface area (Å²) in [7, 11) is 0. The number of unbranched alkanes of at least 4 members (excludes halogenated alkanes) is 1. The van der Waals surface area contributed by atoms with E-state index in [1.54, 1.807) is 0 Å². The van der Waals surface area contributed by atoms with Crippen LogP contribution in [0.3, 0.4) is 0 Å². The number of hydrogen-bond donors (Lipinski definition) is 6. The molecule has 4 aliphatic heterocycles. The molecule has 0 bridgehead atoms. The quantitative estimate of drug-likeness (QED) is 0.0660. The fraction of sp³-hybridized carbons (Fsp3) is 0.511. The average Bonchev–Trinajstić information content (AvgIpc) is 3.67. The summed E-state index contributed by atoms with van der Waals surface area (Å²) in [5.74, 6) is 3.55. The molecule has 60 heavy (non-hydrogen) atoms. The Bertz CT molecular complexity index is 2300. The van der Waals surface area contributed by atoms with Gasteiger partial charge in [0, 0.05) is 53.0 Å². The highest BCUT2D eigenvalue weighted by molar-refractivity contribution is 8.00. The molecule has 10 atom stereocenters. The lowest BCUT2D eigenvalue weighted by atomic mass is 9.85.